The van der Waals surface area contributed by atoms with Crippen molar-refractivity contribution in [3.8, 4) is 0 Å². The molecule has 0 heterocycles. The molecule has 1 aromatic carbocycles. The molecule has 0 saturated carbocycles. The van der Waals surface area contributed by atoms with Gasteiger partial charge < -0.3 is 10.8 Å². The van der Waals surface area contributed by atoms with E-state index >= 15 is 0 Å². The Labute approximate surface area is 131 Å². The summed E-state index contributed by atoms with van der Waals surface area (Å²) in [4.78, 5) is -0.000980. The number of anilines is 1. The summed E-state index contributed by atoms with van der Waals surface area (Å²) in [6.07, 6.45) is 3.85. The third-order valence-corrected chi connectivity index (χ3v) is 5.39. The van der Waals surface area contributed by atoms with Crippen LogP contribution in [0.1, 0.15) is 32.6 Å². The lowest BCUT2D eigenvalue weighted by atomic mass is 10.2. The van der Waals surface area contributed by atoms with Crippen molar-refractivity contribution < 1.29 is 13.5 Å². The third kappa shape index (κ3) is 5.14. The Morgan fingerprint density at radius 2 is 1.95 bits per heavy atom. The lowest BCUT2D eigenvalue weighted by Gasteiger charge is -2.22. The molecule has 0 aliphatic rings. The molecule has 3 N–H and O–H groups in total. The van der Waals surface area contributed by atoms with Gasteiger partial charge in [0.25, 0.3) is 0 Å². The van der Waals surface area contributed by atoms with Crippen molar-refractivity contribution in [2.75, 3.05) is 25.4 Å². The second-order valence-corrected chi connectivity index (χ2v) is 7.21. The second kappa shape index (κ2) is 8.58. The van der Waals surface area contributed by atoms with Gasteiger partial charge >= 0.3 is 0 Å². The largest absolute Gasteiger partial charge is 0.398 e. The van der Waals surface area contributed by atoms with Gasteiger partial charge in [-0.2, -0.15) is 4.31 Å². The molecule has 1 rings (SSSR count). The maximum absolute atomic E-state index is 12.6. The van der Waals surface area contributed by atoms with Crippen LogP contribution in [0.5, 0.6) is 0 Å². The van der Waals surface area contributed by atoms with Crippen LogP contribution in [-0.4, -0.2) is 37.5 Å². The summed E-state index contributed by atoms with van der Waals surface area (Å²) < 4.78 is 26.5. The highest BCUT2D eigenvalue weighted by molar-refractivity contribution is 7.89. The van der Waals surface area contributed by atoms with Crippen LogP contribution in [0.15, 0.2) is 23.1 Å². The minimum Gasteiger partial charge on any atom is -0.398 e. The summed E-state index contributed by atoms with van der Waals surface area (Å²) in [6, 6.07) is 4.37. The molecule has 0 unspecified atom stereocenters. The molecule has 0 saturated heterocycles. The van der Waals surface area contributed by atoms with Crippen LogP contribution in [0.3, 0.4) is 0 Å². The molecule has 5 nitrogen and oxygen atoms in total. The van der Waals surface area contributed by atoms with Gasteiger partial charge in [-0.1, -0.05) is 37.8 Å². The number of sulfonamides is 1. The fourth-order valence-electron chi connectivity index (χ4n) is 2.05. The lowest BCUT2D eigenvalue weighted by molar-refractivity contribution is 0.251. The van der Waals surface area contributed by atoms with E-state index < -0.39 is 10.0 Å². The SMILES string of the molecule is CCCCCCN(CCO)S(=O)(=O)c1cc(Cl)ccc1N. The fourth-order valence-corrected chi connectivity index (χ4v) is 3.90. The van der Waals surface area contributed by atoms with E-state index in [2.05, 4.69) is 6.92 Å². The number of halogens is 1. The van der Waals surface area contributed by atoms with Crippen LogP contribution in [0.2, 0.25) is 5.02 Å². The van der Waals surface area contributed by atoms with E-state index in [-0.39, 0.29) is 23.7 Å². The molecule has 7 heteroatoms. The predicted octanol–water partition coefficient (Wildman–Crippen LogP) is 2.49. The first-order valence-corrected chi connectivity index (χ1v) is 8.91. The third-order valence-electron chi connectivity index (χ3n) is 3.20. The molecule has 0 atom stereocenters. The maximum Gasteiger partial charge on any atom is 0.245 e. The number of aliphatic hydroxyl groups excluding tert-OH is 1. The number of nitrogens with zero attached hydrogens (tertiary/aromatic N) is 1. The average Bonchev–Trinajstić information content (AvgIpc) is 2.44. The van der Waals surface area contributed by atoms with Gasteiger partial charge in [0.15, 0.2) is 0 Å². The van der Waals surface area contributed by atoms with Crippen molar-refractivity contribution >= 4 is 27.3 Å². The van der Waals surface area contributed by atoms with E-state index in [1.807, 2.05) is 0 Å². The molecule has 120 valence electrons. The van der Waals surface area contributed by atoms with E-state index in [0.29, 0.717) is 11.6 Å². The summed E-state index contributed by atoms with van der Waals surface area (Å²) in [5.41, 5.74) is 5.92. The molecule has 0 amide bonds. The molecule has 0 radical (unpaired) electrons. The molecule has 0 fully saturated rings. The molecular weight excluding hydrogens is 312 g/mol. The average molecular weight is 335 g/mol. The van der Waals surface area contributed by atoms with Crippen molar-refractivity contribution in [2.45, 2.75) is 37.5 Å². The van der Waals surface area contributed by atoms with Gasteiger partial charge in [0.2, 0.25) is 10.0 Å². The number of benzene rings is 1. The van der Waals surface area contributed by atoms with Crippen molar-refractivity contribution in [1.29, 1.82) is 0 Å². The Kier molecular flexibility index (Phi) is 7.45. The van der Waals surface area contributed by atoms with Gasteiger partial charge in [0, 0.05) is 18.1 Å². The first-order valence-electron chi connectivity index (χ1n) is 7.09. The van der Waals surface area contributed by atoms with Crippen molar-refractivity contribution in [2.24, 2.45) is 0 Å². The smallest absolute Gasteiger partial charge is 0.245 e. The van der Waals surface area contributed by atoms with Crippen molar-refractivity contribution in [1.82, 2.24) is 4.31 Å². The van der Waals surface area contributed by atoms with E-state index in [0.717, 1.165) is 25.7 Å². The van der Waals surface area contributed by atoms with E-state index in [1.165, 1.54) is 16.4 Å². The Morgan fingerprint density at radius 1 is 1.24 bits per heavy atom. The predicted molar refractivity (Wildman–Crippen MR) is 85.9 cm³/mol. The lowest BCUT2D eigenvalue weighted by Crippen LogP contribution is -2.35. The molecule has 0 aromatic heterocycles. The van der Waals surface area contributed by atoms with E-state index in [4.69, 9.17) is 22.4 Å². The summed E-state index contributed by atoms with van der Waals surface area (Å²) in [5.74, 6) is 0. The molecule has 0 aliphatic carbocycles. The van der Waals surface area contributed by atoms with Gasteiger partial charge in [0.1, 0.15) is 4.90 Å². The van der Waals surface area contributed by atoms with Gasteiger partial charge in [-0.3, -0.25) is 0 Å². The number of hydrogen-bond donors (Lipinski definition) is 2. The van der Waals surface area contributed by atoms with Crippen LogP contribution in [0.25, 0.3) is 0 Å². The normalized spacial score (nSPS) is 12.0. The van der Waals surface area contributed by atoms with Crippen molar-refractivity contribution in [3.63, 3.8) is 0 Å². The second-order valence-electron chi connectivity index (χ2n) is 4.87. The summed E-state index contributed by atoms with van der Waals surface area (Å²) >= 11 is 5.86. The minimum absolute atomic E-state index is 0.000980. The standard InChI is InChI=1S/C14H23ClN2O3S/c1-2-3-4-5-8-17(9-10-18)21(19,20)14-11-12(15)6-7-13(14)16/h6-7,11,18H,2-5,8-10,16H2,1H3. The summed E-state index contributed by atoms with van der Waals surface area (Å²) in [5, 5.41) is 9.43. The topological polar surface area (TPSA) is 83.6 Å². The number of unbranched alkanes of at least 4 members (excludes halogenated alkanes) is 3. The minimum atomic E-state index is -3.74. The zero-order valence-corrected chi connectivity index (χ0v) is 13.8. The summed E-state index contributed by atoms with van der Waals surface area (Å²) in [7, 11) is -3.74. The summed E-state index contributed by atoms with van der Waals surface area (Å²) in [6.45, 7) is 2.29. The fraction of sp³-hybridized carbons (Fsp3) is 0.571. The Hall–Kier alpha value is -0.820. The number of nitrogen functional groups attached to an aromatic ring is 1. The number of rotatable bonds is 9. The van der Waals surface area contributed by atoms with Crippen LogP contribution in [0.4, 0.5) is 5.69 Å². The van der Waals surface area contributed by atoms with E-state index in [9.17, 15) is 8.42 Å². The maximum atomic E-state index is 12.6. The van der Waals surface area contributed by atoms with Gasteiger partial charge in [-0.15, -0.1) is 0 Å². The van der Waals surface area contributed by atoms with Gasteiger partial charge in [0.05, 0.1) is 12.3 Å². The van der Waals surface area contributed by atoms with E-state index in [1.54, 1.807) is 6.07 Å². The molecule has 0 bridgehead atoms. The highest BCUT2D eigenvalue weighted by atomic mass is 35.5. The van der Waals surface area contributed by atoms with Gasteiger partial charge in [-0.05, 0) is 24.6 Å². The molecular formula is C14H23ClN2O3S. The number of nitrogens with two attached hydrogens (primary N) is 1. The number of hydrogen-bond acceptors (Lipinski definition) is 4. The Bertz CT molecular complexity index is 549. The molecule has 21 heavy (non-hydrogen) atoms. The van der Waals surface area contributed by atoms with Crippen LogP contribution >= 0.6 is 11.6 Å². The first kappa shape index (κ1) is 18.2. The molecule has 0 aliphatic heterocycles. The van der Waals surface area contributed by atoms with Crippen molar-refractivity contribution in [3.05, 3.63) is 23.2 Å². The highest BCUT2D eigenvalue weighted by Crippen LogP contribution is 2.26. The van der Waals surface area contributed by atoms with Gasteiger partial charge in [-0.25, -0.2) is 8.42 Å². The monoisotopic (exact) mass is 334 g/mol. The molecule has 1 aromatic rings. The van der Waals surface area contributed by atoms with Crippen LogP contribution in [0, 0.1) is 0 Å². The Balaban J connectivity index is 2.95. The number of aliphatic hydroxyl groups is 1. The zero-order chi connectivity index (χ0) is 15.9. The zero-order valence-electron chi connectivity index (χ0n) is 12.3. The Morgan fingerprint density at radius 3 is 2.57 bits per heavy atom. The van der Waals surface area contributed by atoms with Crippen LogP contribution < -0.4 is 5.73 Å². The van der Waals surface area contributed by atoms with Crippen LogP contribution in [-0.2, 0) is 10.0 Å². The quantitative estimate of drug-likeness (QED) is 0.537. The molecule has 0 spiro atoms. The highest BCUT2D eigenvalue weighted by Gasteiger charge is 2.26. The first-order chi connectivity index (χ1) is 9.93.